The summed E-state index contributed by atoms with van der Waals surface area (Å²) in [5.74, 6) is 1.66. The van der Waals surface area contributed by atoms with Crippen LogP contribution in [-0.4, -0.2) is 4.98 Å². The Morgan fingerprint density at radius 3 is 2.58 bits per heavy atom. The SMILES string of the molecule is Cc1cc(Oc2ccccc2)c2cccc(Br)c2n1. The van der Waals surface area contributed by atoms with Crippen molar-refractivity contribution in [1.29, 1.82) is 0 Å². The monoisotopic (exact) mass is 313 g/mol. The van der Waals surface area contributed by atoms with Gasteiger partial charge in [-0.1, -0.05) is 24.3 Å². The molecule has 0 aliphatic heterocycles. The molecule has 0 unspecified atom stereocenters. The van der Waals surface area contributed by atoms with Gasteiger partial charge in [0.2, 0.25) is 0 Å². The number of aryl methyl sites for hydroxylation is 1. The Hall–Kier alpha value is -1.87. The number of ether oxygens (including phenoxy) is 1. The van der Waals surface area contributed by atoms with Gasteiger partial charge in [-0.05, 0) is 47.1 Å². The lowest BCUT2D eigenvalue weighted by Gasteiger charge is -2.10. The van der Waals surface area contributed by atoms with Crippen molar-refractivity contribution in [3.63, 3.8) is 0 Å². The van der Waals surface area contributed by atoms with E-state index in [1.54, 1.807) is 0 Å². The molecule has 19 heavy (non-hydrogen) atoms. The minimum Gasteiger partial charge on any atom is -0.457 e. The highest BCUT2D eigenvalue weighted by atomic mass is 79.9. The van der Waals surface area contributed by atoms with Crippen molar-refractivity contribution in [3.05, 3.63) is 64.8 Å². The number of hydrogen-bond donors (Lipinski definition) is 0. The van der Waals surface area contributed by atoms with Crippen LogP contribution in [0.15, 0.2) is 59.1 Å². The molecule has 3 rings (SSSR count). The van der Waals surface area contributed by atoms with E-state index in [1.165, 1.54) is 0 Å². The molecule has 1 aromatic heterocycles. The summed E-state index contributed by atoms with van der Waals surface area (Å²) < 4.78 is 6.94. The summed E-state index contributed by atoms with van der Waals surface area (Å²) >= 11 is 3.53. The molecule has 0 saturated carbocycles. The molecule has 0 bridgehead atoms. The lowest BCUT2D eigenvalue weighted by Crippen LogP contribution is -1.91. The van der Waals surface area contributed by atoms with Crippen molar-refractivity contribution in [1.82, 2.24) is 4.98 Å². The average Bonchev–Trinajstić information content (AvgIpc) is 2.41. The Kier molecular flexibility index (Phi) is 3.22. The standard InChI is InChI=1S/C16H12BrNO/c1-11-10-15(19-12-6-3-2-4-7-12)13-8-5-9-14(17)16(13)18-11/h2-10H,1H3. The van der Waals surface area contributed by atoms with Gasteiger partial charge in [-0.2, -0.15) is 0 Å². The molecule has 0 spiro atoms. The fraction of sp³-hybridized carbons (Fsp3) is 0.0625. The maximum absolute atomic E-state index is 5.97. The Bertz CT molecular complexity index is 725. The van der Waals surface area contributed by atoms with Gasteiger partial charge in [0.05, 0.1) is 5.52 Å². The third kappa shape index (κ3) is 2.47. The van der Waals surface area contributed by atoms with Gasteiger partial charge >= 0.3 is 0 Å². The van der Waals surface area contributed by atoms with E-state index in [0.29, 0.717) is 0 Å². The van der Waals surface area contributed by atoms with Crippen molar-refractivity contribution in [3.8, 4) is 11.5 Å². The van der Waals surface area contributed by atoms with Crippen molar-refractivity contribution in [2.75, 3.05) is 0 Å². The third-order valence-corrected chi connectivity index (χ3v) is 3.49. The zero-order chi connectivity index (χ0) is 13.2. The van der Waals surface area contributed by atoms with Crippen LogP contribution >= 0.6 is 15.9 Å². The highest BCUT2D eigenvalue weighted by molar-refractivity contribution is 9.10. The lowest BCUT2D eigenvalue weighted by atomic mass is 10.2. The van der Waals surface area contributed by atoms with Crippen LogP contribution in [0.1, 0.15) is 5.69 Å². The Morgan fingerprint density at radius 1 is 1.00 bits per heavy atom. The average molecular weight is 314 g/mol. The molecule has 0 fully saturated rings. The first-order chi connectivity index (χ1) is 9.24. The van der Waals surface area contributed by atoms with Crippen LogP contribution in [0.3, 0.4) is 0 Å². The maximum atomic E-state index is 5.97. The molecule has 0 atom stereocenters. The number of hydrogen-bond acceptors (Lipinski definition) is 2. The van der Waals surface area contributed by atoms with Gasteiger partial charge in [0.25, 0.3) is 0 Å². The van der Waals surface area contributed by atoms with E-state index in [9.17, 15) is 0 Å². The van der Waals surface area contributed by atoms with Gasteiger partial charge in [-0.15, -0.1) is 0 Å². The van der Waals surface area contributed by atoms with Gasteiger partial charge in [-0.25, -0.2) is 0 Å². The number of aromatic nitrogens is 1. The molecule has 3 aromatic rings. The van der Waals surface area contributed by atoms with E-state index >= 15 is 0 Å². The van der Waals surface area contributed by atoms with E-state index in [4.69, 9.17) is 4.74 Å². The summed E-state index contributed by atoms with van der Waals surface area (Å²) in [5.41, 5.74) is 1.86. The Morgan fingerprint density at radius 2 is 1.79 bits per heavy atom. The maximum Gasteiger partial charge on any atom is 0.138 e. The summed E-state index contributed by atoms with van der Waals surface area (Å²) in [5, 5.41) is 1.00. The highest BCUT2D eigenvalue weighted by Gasteiger charge is 2.08. The summed E-state index contributed by atoms with van der Waals surface area (Å²) in [4.78, 5) is 4.55. The van der Waals surface area contributed by atoms with Gasteiger partial charge < -0.3 is 4.74 Å². The molecule has 2 nitrogen and oxygen atoms in total. The summed E-state index contributed by atoms with van der Waals surface area (Å²) in [7, 11) is 0. The van der Waals surface area contributed by atoms with Crippen molar-refractivity contribution >= 4 is 26.8 Å². The molecular formula is C16H12BrNO. The van der Waals surface area contributed by atoms with Gasteiger partial charge in [0.15, 0.2) is 0 Å². The van der Waals surface area contributed by atoms with Crippen molar-refractivity contribution in [2.24, 2.45) is 0 Å². The molecular weight excluding hydrogens is 302 g/mol. The van der Waals surface area contributed by atoms with Gasteiger partial charge in [0, 0.05) is 21.6 Å². The molecule has 0 radical (unpaired) electrons. The number of nitrogens with zero attached hydrogens (tertiary/aromatic N) is 1. The second kappa shape index (κ2) is 5.02. The highest BCUT2D eigenvalue weighted by Crippen LogP contribution is 2.32. The smallest absolute Gasteiger partial charge is 0.138 e. The van der Waals surface area contributed by atoms with Crippen molar-refractivity contribution < 1.29 is 4.74 Å². The minimum atomic E-state index is 0.828. The van der Waals surface area contributed by atoms with Crippen LogP contribution < -0.4 is 4.74 Å². The molecule has 0 saturated heterocycles. The van der Waals surface area contributed by atoms with Crippen LogP contribution in [0.25, 0.3) is 10.9 Å². The largest absolute Gasteiger partial charge is 0.457 e. The van der Waals surface area contributed by atoms with Gasteiger partial charge in [0.1, 0.15) is 11.5 Å². The number of fused-ring (bicyclic) bond motifs is 1. The number of pyridine rings is 1. The topological polar surface area (TPSA) is 22.1 Å². The first kappa shape index (κ1) is 12.2. The van der Waals surface area contributed by atoms with E-state index in [2.05, 4.69) is 20.9 Å². The summed E-state index contributed by atoms with van der Waals surface area (Å²) in [6.45, 7) is 1.97. The third-order valence-electron chi connectivity index (χ3n) is 2.85. The number of halogens is 1. The van der Waals surface area contributed by atoms with E-state index in [1.807, 2.05) is 61.5 Å². The molecule has 2 aromatic carbocycles. The zero-order valence-corrected chi connectivity index (χ0v) is 12.0. The first-order valence-electron chi connectivity index (χ1n) is 6.03. The molecule has 0 aliphatic rings. The van der Waals surface area contributed by atoms with Crippen LogP contribution in [0.4, 0.5) is 0 Å². The molecule has 94 valence electrons. The van der Waals surface area contributed by atoms with Crippen LogP contribution in [-0.2, 0) is 0 Å². The van der Waals surface area contributed by atoms with Gasteiger partial charge in [-0.3, -0.25) is 4.98 Å². The Balaban J connectivity index is 2.15. The molecule has 1 heterocycles. The predicted octanol–water partition coefficient (Wildman–Crippen LogP) is 5.10. The zero-order valence-electron chi connectivity index (χ0n) is 10.4. The molecule has 0 N–H and O–H groups in total. The summed E-state index contributed by atoms with van der Waals surface area (Å²) in [6, 6.07) is 17.7. The minimum absolute atomic E-state index is 0.828. The van der Waals surface area contributed by atoms with E-state index in [-0.39, 0.29) is 0 Å². The number of benzene rings is 2. The lowest BCUT2D eigenvalue weighted by molar-refractivity contribution is 0.487. The summed E-state index contributed by atoms with van der Waals surface area (Å²) in [6.07, 6.45) is 0. The number of para-hydroxylation sites is 2. The second-order valence-corrected chi connectivity index (χ2v) is 5.17. The normalized spacial score (nSPS) is 10.6. The quantitative estimate of drug-likeness (QED) is 0.656. The van der Waals surface area contributed by atoms with E-state index in [0.717, 1.165) is 32.6 Å². The second-order valence-electron chi connectivity index (χ2n) is 4.31. The van der Waals surface area contributed by atoms with Crippen molar-refractivity contribution in [2.45, 2.75) is 6.92 Å². The Labute approximate surface area is 120 Å². The van der Waals surface area contributed by atoms with Crippen LogP contribution in [0, 0.1) is 6.92 Å². The van der Waals surface area contributed by atoms with Crippen LogP contribution in [0.2, 0.25) is 0 Å². The van der Waals surface area contributed by atoms with E-state index < -0.39 is 0 Å². The van der Waals surface area contributed by atoms with Crippen LogP contribution in [0.5, 0.6) is 11.5 Å². The first-order valence-corrected chi connectivity index (χ1v) is 6.82. The number of rotatable bonds is 2. The fourth-order valence-electron chi connectivity index (χ4n) is 2.00. The molecule has 0 aliphatic carbocycles. The fourth-order valence-corrected chi connectivity index (χ4v) is 2.46. The predicted molar refractivity (Wildman–Crippen MR) is 80.7 cm³/mol. The molecule has 0 amide bonds. The molecule has 3 heteroatoms.